The van der Waals surface area contributed by atoms with Crippen LogP contribution in [0, 0.1) is 6.92 Å². The van der Waals surface area contributed by atoms with Crippen molar-refractivity contribution in [1.82, 2.24) is 9.97 Å². The Kier molecular flexibility index (Phi) is 2.92. The maximum Gasteiger partial charge on any atom is 0.247 e. The van der Waals surface area contributed by atoms with Gasteiger partial charge < -0.3 is 10.5 Å². The lowest BCUT2D eigenvalue weighted by Gasteiger charge is -2.06. The van der Waals surface area contributed by atoms with Crippen molar-refractivity contribution < 1.29 is 4.74 Å². The fourth-order valence-electron chi connectivity index (χ4n) is 1.15. The van der Waals surface area contributed by atoms with Gasteiger partial charge in [-0.3, -0.25) is 0 Å². The molecule has 0 aliphatic carbocycles. The van der Waals surface area contributed by atoms with Crippen LogP contribution in [0.4, 0.5) is 5.69 Å². The lowest BCUT2D eigenvalue weighted by molar-refractivity contribution is 0.464. The van der Waals surface area contributed by atoms with E-state index in [1.54, 1.807) is 0 Å². The second-order valence-electron chi connectivity index (χ2n) is 3.31. The Morgan fingerprint density at radius 3 is 2.62 bits per heavy atom. The number of nitrogen functional groups attached to an aromatic ring is 1. The molecule has 0 saturated heterocycles. The van der Waals surface area contributed by atoms with E-state index in [0.29, 0.717) is 11.4 Å². The molecule has 0 amide bonds. The zero-order valence-electron chi connectivity index (χ0n) is 8.64. The van der Waals surface area contributed by atoms with Crippen molar-refractivity contribution >= 4 is 17.3 Å². The molecule has 2 rings (SSSR count). The normalized spacial score (nSPS) is 10.1. The van der Waals surface area contributed by atoms with Crippen LogP contribution >= 0.6 is 11.6 Å². The van der Waals surface area contributed by atoms with Crippen LogP contribution in [-0.2, 0) is 0 Å². The number of rotatable bonds is 2. The van der Waals surface area contributed by atoms with Gasteiger partial charge in [0.2, 0.25) is 11.2 Å². The minimum absolute atomic E-state index is 0.108. The van der Waals surface area contributed by atoms with Crippen LogP contribution in [0.2, 0.25) is 5.28 Å². The first-order valence-corrected chi connectivity index (χ1v) is 5.05. The van der Waals surface area contributed by atoms with Gasteiger partial charge in [0.05, 0.1) is 6.20 Å². The van der Waals surface area contributed by atoms with E-state index in [1.807, 2.05) is 31.2 Å². The number of nitrogens with zero attached hydrogens (tertiary/aromatic N) is 2. The highest BCUT2D eigenvalue weighted by Gasteiger charge is 2.05. The molecule has 0 fully saturated rings. The first kappa shape index (κ1) is 10.7. The molecule has 16 heavy (non-hydrogen) atoms. The van der Waals surface area contributed by atoms with Gasteiger partial charge in [0, 0.05) is 0 Å². The number of nitrogens with two attached hydrogens (primary N) is 1. The highest BCUT2D eigenvalue weighted by atomic mass is 35.5. The first-order valence-electron chi connectivity index (χ1n) is 4.67. The predicted molar refractivity (Wildman–Crippen MR) is 62.7 cm³/mol. The molecular formula is C11H10ClN3O. The highest BCUT2D eigenvalue weighted by Crippen LogP contribution is 2.25. The average Bonchev–Trinajstić information content (AvgIpc) is 2.27. The average molecular weight is 236 g/mol. The van der Waals surface area contributed by atoms with E-state index in [9.17, 15) is 0 Å². The summed E-state index contributed by atoms with van der Waals surface area (Å²) in [5, 5.41) is 0.108. The topological polar surface area (TPSA) is 61.0 Å². The standard InChI is InChI=1S/C11H10ClN3O/c1-7-2-4-8(5-3-7)16-10-9(13)6-14-11(12)15-10/h2-6H,13H2,1H3. The van der Waals surface area contributed by atoms with Gasteiger partial charge in [-0.15, -0.1) is 0 Å². The van der Waals surface area contributed by atoms with E-state index >= 15 is 0 Å². The van der Waals surface area contributed by atoms with Crippen molar-refractivity contribution in [1.29, 1.82) is 0 Å². The summed E-state index contributed by atoms with van der Waals surface area (Å²) in [5.74, 6) is 0.927. The predicted octanol–water partition coefficient (Wildman–Crippen LogP) is 2.81. The molecule has 0 aliphatic heterocycles. The van der Waals surface area contributed by atoms with Crippen LogP contribution in [0.3, 0.4) is 0 Å². The second kappa shape index (κ2) is 4.37. The summed E-state index contributed by atoms with van der Waals surface area (Å²) in [6, 6.07) is 7.55. The van der Waals surface area contributed by atoms with Gasteiger partial charge >= 0.3 is 0 Å². The molecule has 0 radical (unpaired) electrons. The third kappa shape index (κ3) is 2.41. The molecule has 1 aromatic heterocycles. The van der Waals surface area contributed by atoms with Crippen molar-refractivity contribution in [3.8, 4) is 11.6 Å². The highest BCUT2D eigenvalue weighted by molar-refractivity contribution is 6.28. The Balaban J connectivity index is 2.26. The Morgan fingerprint density at radius 1 is 1.25 bits per heavy atom. The summed E-state index contributed by atoms with van der Waals surface area (Å²) in [7, 11) is 0. The molecular weight excluding hydrogens is 226 g/mol. The van der Waals surface area contributed by atoms with Crippen LogP contribution in [0.15, 0.2) is 30.5 Å². The Hall–Kier alpha value is -1.81. The van der Waals surface area contributed by atoms with Gasteiger partial charge in [0.25, 0.3) is 0 Å². The van der Waals surface area contributed by atoms with Crippen LogP contribution in [0.25, 0.3) is 0 Å². The van der Waals surface area contributed by atoms with Gasteiger partial charge in [-0.05, 0) is 30.7 Å². The minimum atomic E-state index is 0.108. The van der Waals surface area contributed by atoms with E-state index in [0.717, 1.165) is 5.56 Å². The van der Waals surface area contributed by atoms with Crippen molar-refractivity contribution in [2.24, 2.45) is 0 Å². The molecule has 1 heterocycles. The molecule has 0 aliphatic rings. The molecule has 1 aromatic carbocycles. The van der Waals surface area contributed by atoms with Crippen molar-refractivity contribution in [3.05, 3.63) is 41.3 Å². The lowest BCUT2D eigenvalue weighted by atomic mass is 10.2. The fourth-order valence-corrected chi connectivity index (χ4v) is 1.28. The zero-order chi connectivity index (χ0) is 11.5. The van der Waals surface area contributed by atoms with Crippen LogP contribution in [-0.4, -0.2) is 9.97 Å². The quantitative estimate of drug-likeness (QED) is 0.813. The fraction of sp³-hybridized carbons (Fsp3) is 0.0909. The number of benzene rings is 1. The molecule has 5 heteroatoms. The van der Waals surface area contributed by atoms with E-state index in [1.165, 1.54) is 6.20 Å². The number of hydrogen-bond acceptors (Lipinski definition) is 4. The zero-order valence-corrected chi connectivity index (χ0v) is 9.40. The minimum Gasteiger partial charge on any atom is -0.437 e. The van der Waals surface area contributed by atoms with Gasteiger partial charge in [-0.2, -0.15) is 4.98 Å². The lowest BCUT2D eigenvalue weighted by Crippen LogP contribution is -1.96. The maximum atomic E-state index is 5.66. The third-order valence-corrected chi connectivity index (χ3v) is 2.17. The van der Waals surface area contributed by atoms with Gasteiger partial charge in [0.15, 0.2) is 0 Å². The number of aromatic nitrogens is 2. The van der Waals surface area contributed by atoms with Crippen LogP contribution < -0.4 is 10.5 Å². The van der Waals surface area contributed by atoms with Crippen LogP contribution in [0.5, 0.6) is 11.6 Å². The smallest absolute Gasteiger partial charge is 0.247 e. The van der Waals surface area contributed by atoms with E-state index in [4.69, 9.17) is 22.1 Å². The number of halogens is 1. The summed E-state index contributed by atoms with van der Waals surface area (Å²) in [6.07, 6.45) is 1.42. The Labute approximate surface area is 98.0 Å². The third-order valence-electron chi connectivity index (χ3n) is 1.99. The van der Waals surface area contributed by atoms with E-state index < -0.39 is 0 Å². The second-order valence-corrected chi connectivity index (χ2v) is 3.65. The van der Waals surface area contributed by atoms with Gasteiger partial charge in [-0.1, -0.05) is 17.7 Å². The molecule has 2 N–H and O–H groups in total. The van der Waals surface area contributed by atoms with E-state index in [-0.39, 0.29) is 11.2 Å². The molecule has 0 saturated carbocycles. The number of hydrogen-bond donors (Lipinski definition) is 1. The number of ether oxygens (including phenoxy) is 1. The van der Waals surface area contributed by atoms with Crippen molar-refractivity contribution in [2.45, 2.75) is 6.92 Å². The van der Waals surface area contributed by atoms with E-state index in [2.05, 4.69) is 9.97 Å². The Morgan fingerprint density at radius 2 is 1.94 bits per heavy atom. The summed E-state index contributed by atoms with van der Waals surface area (Å²) in [4.78, 5) is 7.64. The molecule has 0 unspecified atom stereocenters. The van der Waals surface area contributed by atoms with Crippen molar-refractivity contribution in [3.63, 3.8) is 0 Å². The van der Waals surface area contributed by atoms with Crippen LogP contribution in [0.1, 0.15) is 5.56 Å². The summed E-state index contributed by atoms with van der Waals surface area (Å²) >= 11 is 5.65. The molecule has 82 valence electrons. The molecule has 0 atom stereocenters. The van der Waals surface area contributed by atoms with Gasteiger partial charge in [-0.25, -0.2) is 4.98 Å². The van der Waals surface area contributed by atoms with Crippen molar-refractivity contribution in [2.75, 3.05) is 5.73 Å². The Bertz CT molecular complexity index is 499. The molecule has 0 bridgehead atoms. The summed E-state index contributed by atoms with van der Waals surface area (Å²) < 4.78 is 5.48. The largest absolute Gasteiger partial charge is 0.437 e. The number of aryl methyl sites for hydroxylation is 1. The molecule has 2 aromatic rings. The summed E-state index contributed by atoms with van der Waals surface area (Å²) in [6.45, 7) is 2.00. The maximum absolute atomic E-state index is 5.66. The molecule has 0 spiro atoms. The first-order chi connectivity index (χ1) is 7.65. The molecule has 4 nitrogen and oxygen atoms in total. The monoisotopic (exact) mass is 235 g/mol. The SMILES string of the molecule is Cc1ccc(Oc2nc(Cl)ncc2N)cc1. The van der Waals surface area contributed by atoms with Gasteiger partial charge in [0.1, 0.15) is 11.4 Å². The summed E-state index contributed by atoms with van der Waals surface area (Å²) in [5.41, 5.74) is 7.16. The number of anilines is 1.